The summed E-state index contributed by atoms with van der Waals surface area (Å²) in [5.74, 6) is -0.185. The van der Waals surface area contributed by atoms with Gasteiger partial charge < -0.3 is 10.6 Å². The first-order valence-electron chi connectivity index (χ1n) is 12.2. The normalized spacial score (nSPS) is 15.9. The van der Waals surface area contributed by atoms with Gasteiger partial charge >= 0.3 is 0 Å². The Labute approximate surface area is 220 Å². The van der Waals surface area contributed by atoms with E-state index in [1.54, 1.807) is 12.1 Å². The van der Waals surface area contributed by atoms with Crippen molar-refractivity contribution in [1.82, 2.24) is 14.9 Å². The quantitative estimate of drug-likeness (QED) is 0.279. The predicted molar refractivity (Wildman–Crippen MR) is 148 cm³/mol. The number of fused-ring (bicyclic) bond motifs is 1. The Bertz CT molecular complexity index is 1510. The number of hydrogen-bond donors (Lipinski definition) is 2. The second kappa shape index (κ2) is 10.7. The zero-order chi connectivity index (χ0) is 25.9. The second-order valence-corrected chi connectivity index (χ2v) is 9.67. The summed E-state index contributed by atoms with van der Waals surface area (Å²) >= 11 is 6.01. The Morgan fingerprint density at radius 2 is 2.03 bits per heavy atom. The molecule has 0 aliphatic carbocycles. The summed E-state index contributed by atoms with van der Waals surface area (Å²) in [6.45, 7) is 3.05. The first kappa shape index (κ1) is 24.9. The maximum atomic E-state index is 13.7. The van der Waals surface area contributed by atoms with Gasteiger partial charge in [-0.3, -0.25) is 9.69 Å². The number of halogens is 2. The van der Waals surface area contributed by atoms with Gasteiger partial charge in [0.05, 0.1) is 15.9 Å². The van der Waals surface area contributed by atoms with Crippen molar-refractivity contribution < 1.29 is 9.18 Å². The van der Waals surface area contributed by atoms with Crippen molar-refractivity contribution in [3.8, 4) is 11.1 Å². The van der Waals surface area contributed by atoms with Crippen LogP contribution in [-0.4, -0.2) is 40.4 Å². The molecule has 1 saturated heterocycles. The van der Waals surface area contributed by atoms with E-state index < -0.39 is 5.82 Å². The molecule has 0 bridgehead atoms. The summed E-state index contributed by atoms with van der Waals surface area (Å²) in [6.07, 6.45) is 7.21. The highest BCUT2D eigenvalue weighted by Gasteiger charge is 2.19. The summed E-state index contributed by atoms with van der Waals surface area (Å²) in [6, 6.07) is 16.4. The average molecular weight is 516 g/mol. The molecule has 188 valence electrons. The number of rotatable bonds is 6. The molecular formula is C29H27ClFN5O. The molecule has 4 aromatic rings. The van der Waals surface area contributed by atoms with Crippen molar-refractivity contribution in [2.24, 2.45) is 0 Å². The smallest absolute Gasteiger partial charge is 0.248 e. The van der Waals surface area contributed by atoms with Crippen LogP contribution in [0.5, 0.6) is 0 Å². The van der Waals surface area contributed by atoms with Gasteiger partial charge in [-0.2, -0.15) is 0 Å². The zero-order valence-corrected chi connectivity index (χ0v) is 21.4. The first-order chi connectivity index (χ1) is 17.9. The van der Waals surface area contributed by atoms with E-state index in [1.807, 2.05) is 43.3 Å². The van der Waals surface area contributed by atoms with Crippen molar-refractivity contribution in [3.63, 3.8) is 0 Å². The molecule has 6 nitrogen and oxygen atoms in total. The lowest BCUT2D eigenvalue weighted by Crippen LogP contribution is -2.23. The van der Waals surface area contributed by atoms with Crippen LogP contribution in [0.25, 0.3) is 22.0 Å². The lowest BCUT2D eigenvalue weighted by atomic mass is 9.97. The summed E-state index contributed by atoms with van der Waals surface area (Å²) in [5.41, 5.74) is 4.70. The van der Waals surface area contributed by atoms with Gasteiger partial charge in [0.2, 0.25) is 5.91 Å². The van der Waals surface area contributed by atoms with Crippen molar-refractivity contribution in [2.75, 3.05) is 24.2 Å². The molecule has 0 saturated carbocycles. The Morgan fingerprint density at radius 1 is 1.16 bits per heavy atom. The van der Waals surface area contributed by atoms with Gasteiger partial charge in [-0.25, -0.2) is 14.4 Å². The topological polar surface area (TPSA) is 70.2 Å². The van der Waals surface area contributed by atoms with Crippen LogP contribution in [0.3, 0.4) is 0 Å². The molecule has 1 aromatic heterocycles. The number of aromatic nitrogens is 2. The Hall–Kier alpha value is -3.81. The molecule has 1 amide bonds. The van der Waals surface area contributed by atoms with Crippen LogP contribution in [-0.2, 0) is 4.79 Å². The van der Waals surface area contributed by atoms with Gasteiger partial charge in [0, 0.05) is 29.1 Å². The lowest BCUT2D eigenvalue weighted by Gasteiger charge is -2.17. The molecule has 1 fully saturated rings. The van der Waals surface area contributed by atoms with Gasteiger partial charge in [-0.05, 0) is 69.3 Å². The predicted octanol–water partition coefficient (Wildman–Crippen LogP) is 6.73. The Balaban J connectivity index is 1.59. The second-order valence-electron chi connectivity index (χ2n) is 9.27. The highest BCUT2D eigenvalue weighted by atomic mass is 35.5. The number of nitrogens with zero attached hydrogens (tertiary/aromatic N) is 3. The van der Waals surface area contributed by atoms with Gasteiger partial charge in [0.15, 0.2) is 0 Å². The Morgan fingerprint density at radius 3 is 2.78 bits per heavy atom. The van der Waals surface area contributed by atoms with Crippen molar-refractivity contribution in [1.29, 1.82) is 0 Å². The number of amides is 1. The molecule has 2 N–H and O–H groups in total. The van der Waals surface area contributed by atoms with Crippen molar-refractivity contribution in [2.45, 2.75) is 25.8 Å². The number of benzene rings is 3. The van der Waals surface area contributed by atoms with Crippen LogP contribution in [0.15, 0.2) is 73.1 Å². The summed E-state index contributed by atoms with van der Waals surface area (Å²) < 4.78 is 13.7. The van der Waals surface area contributed by atoms with E-state index >= 15 is 0 Å². The van der Waals surface area contributed by atoms with Gasteiger partial charge in [-0.1, -0.05) is 47.5 Å². The van der Waals surface area contributed by atoms with Crippen LogP contribution >= 0.6 is 11.6 Å². The van der Waals surface area contributed by atoms with Crippen LogP contribution in [0, 0.1) is 12.7 Å². The molecule has 2 heterocycles. The van der Waals surface area contributed by atoms with Crippen molar-refractivity contribution in [3.05, 3.63) is 89.5 Å². The third kappa shape index (κ3) is 5.48. The molecule has 1 aliphatic heterocycles. The molecule has 1 aliphatic rings. The largest absolute Gasteiger partial charge is 0.340 e. The standard InChI is InChI=1S/C29H27ClFN5O/c1-18-5-3-6-19(15-18)27-25(35-26(37)13-9-21-7-4-14-36(21)2)12-11-24-28(27)29(33-17-32-24)34-20-8-10-23(31)22(30)16-20/h3,5-6,8-13,15-17,21H,4,7,14H2,1-2H3,(H,35,37)(H,32,33,34). The van der Waals surface area contributed by atoms with Gasteiger partial charge in [0.25, 0.3) is 0 Å². The van der Waals surface area contributed by atoms with Crippen LogP contribution in [0.1, 0.15) is 18.4 Å². The molecule has 1 unspecified atom stereocenters. The van der Waals surface area contributed by atoms with Gasteiger partial charge in [-0.15, -0.1) is 0 Å². The number of anilines is 3. The first-order valence-corrected chi connectivity index (χ1v) is 12.5. The molecule has 3 aromatic carbocycles. The van der Waals surface area contributed by atoms with Crippen molar-refractivity contribution >= 4 is 45.6 Å². The average Bonchev–Trinajstić information content (AvgIpc) is 3.29. The number of likely N-dealkylation sites (N-methyl/N-ethyl adjacent to an activating group) is 1. The molecule has 0 spiro atoms. The minimum absolute atomic E-state index is 0.00918. The van der Waals surface area contributed by atoms with E-state index in [0.29, 0.717) is 22.7 Å². The molecule has 37 heavy (non-hydrogen) atoms. The zero-order valence-electron chi connectivity index (χ0n) is 20.6. The van der Waals surface area contributed by atoms with E-state index in [0.717, 1.165) is 41.5 Å². The summed E-state index contributed by atoms with van der Waals surface area (Å²) in [5, 5.41) is 7.06. The number of aryl methyl sites for hydroxylation is 1. The summed E-state index contributed by atoms with van der Waals surface area (Å²) in [7, 11) is 2.07. The number of carbonyl (C=O) groups is 1. The van der Waals surface area contributed by atoms with Crippen LogP contribution in [0.4, 0.5) is 21.6 Å². The minimum Gasteiger partial charge on any atom is -0.340 e. The van der Waals surface area contributed by atoms with E-state index in [9.17, 15) is 9.18 Å². The van der Waals surface area contributed by atoms with E-state index in [-0.39, 0.29) is 17.0 Å². The fourth-order valence-electron chi connectivity index (χ4n) is 4.71. The molecule has 1 atom stereocenters. The third-order valence-electron chi connectivity index (χ3n) is 6.60. The maximum Gasteiger partial charge on any atom is 0.248 e. The van der Waals surface area contributed by atoms with E-state index in [1.165, 1.54) is 18.5 Å². The van der Waals surface area contributed by atoms with Gasteiger partial charge in [0.1, 0.15) is 18.0 Å². The molecule has 0 radical (unpaired) electrons. The van der Waals surface area contributed by atoms with Crippen LogP contribution < -0.4 is 10.6 Å². The number of likely N-dealkylation sites (tertiary alicyclic amines) is 1. The molecule has 5 rings (SSSR count). The van der Waals surface area contributed by atoms with E-state index in [2.05, 4.69) is 38.6 Å². The number of nitrogens with one attached hydrogen (secondary N) is 2. The van der Waals surface area contributed by atoms with Crippen LogP contribution in [0.2, 0.25) is 5.02 Å². The highest BCUT2D eigenvalue weighted by Crippen LogP contribution is 2.39. The highest BCUT2D eigenvalue weighted by molar-refractivity contribution is 6.31. The monoisotopic (exact) mass is 515 g/mol. The fourth-order valence-corrected chi connectivity index (χ4v) is 4.89. The van der Waals surface area contributed by atoms with E-state index in [4.69, 9.17) is 11.6 Å². The third-order valence-corrected chi connectivity index (χ3v) is 6.89. The maximum absolute atomic E-state index is 13.7. The Kier molecular flexibility index (Phi) is 7.17. The fraction of sp³-hybridized carbons (Fsp3) is 0.207. The summed E-state index contributed by atoms with van der Waals surface area (Å²) in [4.78, 5) is 24.2. The number of carbonyl (C=O) groups excluding carboxylic acids is 1. The lowest BCUT2D eigenvalue weighted by molar-refractivity contribution is -0.111. The number of hydrogen-bond acceptors (Lipinski definition) is 5. The minimum atomic E-state index is -0.498. The molecular weight excluding hydrogens is 489 g/mol. The SMILES string of the molecule is Cc1cccc(-c2c(NC(=O)C=CC3CCCN3C)ccc3ncnc(Nc4ccc(F)c(Cl)c4)c23)c1. The molecule has 8 heteroatoms.